The van der Waals surface area contributed by atoms with Gasteiger partial charge in [-0.05, 0) is 24.0 Å². The Hall–Kier alpha value is -1.83. The van der Waals surface area contributed by atoms with Gasteiger partial charge < -0.3 is 4.74 Å². The molecular formula is C16H11ClF10N2OS. The quantitative estimate of drug-likeness (QED) is 0.304. The van der Waals surface area contributed by atoms with E-state index >= 15 is 0 Å². The number of ether oxygens (including phenoxy) is 1. The van der Waals surface area contributed by atoms with Crippen LogP contribution >= 0.6 is 23.4 Å². The monoisotopic (exact) mass is 504 g/mol. The van der Waals surface area contributed by atoms with Crippen LogP contribution in [0.3, 0.4) is 0 Å². The lowest BCUT2D eigenvalue weighted by molar-refractivity contribution is -0.358. The molecule has 0 spiro atoms. The number of aromatic nitrogens is 2. The molecule has 0 atom stereocenters. The molecular weight excluding hydrogens is 494 g/mol. The van der Waals surface area contributed by atoms with Gasteiger partial charge in [-0.25, -0.2) is 4.68 Å². The predicted octanol–water partition coefficient (Wildman–Crippen LogP) is 6.87. The van der Waals surface area contributed by atoms with Crippen LogP contribution in [0.1, 0.15) is 12.5 Å². The molecule has 0 N–H and O–H groups in total. The Bertz CT molecular complexity index is 926. The van der Waals surface area contributed by atoms with Crippen LogP contribution in [0.5, 0.6) is 5.75 Å². The summed E-state index contributed by atoms with van der Waals surface area (Å²) in [5.74, 6) is -12.4. The van der Waals surface area contributed by atoms with Gasteiger partial charge in [-0.15, -0.1) is 11.8 Å². The number of benzene rings is 1. The number of rotatable bonds is 7. The van der Waals surface area contributed by atoms with Gasteiger partial charge in [0.1, 0.15) is 0 Å². The molecule has 31 heavy (non-hydrogen) atoms. The molecule has 3 nitrogen and oxygen atoms in total. The van der Waals surface area contributed by atoms with Gasteiger partial charge in [-0.2, -0.15) is 49.0 Å². The summed E-state index contributed by atoms with van der Waals surface area (Å²) in [6.07, 6.45) is -10.4. The van der Waals surface area contributed by atoms with Crippen LogP contribution in [0.15, 0.2) is 29.3 Å². The van der Waals surface area contributed by atoms with Gasteiger partial charge in [0, 0.05) is 4.90 Å². The second kappa shape index (κ2) is 8.60. The first-order chi connectivity index (χ1) is 14.0. The molecule has 0 aliphatic carbocycles. The summed E-state index contributed by atoms with van der Waals surface area (Å²) in [6, 6.07) is 2.52. The van der Waals surface area contributed by atoms with E-state index in [4.69, 9.17) is 11.6 Å². The molecule has 1 aromatic carbocycles. The average molecular weight is 505 g/mol. The molecule has 174 valence electrons. The summed E-state index contributed by atoms with van der Waals surface area (Å²) in [5.41, 5.74) is -0.958. The maximum atomic E-state index is 13.4. The first-order valence-electron chi connectivity index (χ1n) is 8.06. The lowest BCUT2D eigenvalue weighted by Crippen LogP contribution is -2.54. The molecule has 0 aliphatic heterocycles. The van der Waals surface area contributed by atoms with Crippen molar-refractivity contribution in [3.05, 3.63) is 35.1 Å². The molecule has 0 saturated carbocycles. The van der Waals surface area contributed by atoms with Crippen LogP contribution < -0.4 is 4.74 Å². The maximum absolute atomic E-state index is 13.4. The first-order valence-corrected chi connectivity index (χ1v) is 9.42. The molecule has 0 aliphatic rings. The van der Waals surface area contributed by atoms with Gasteiger partial charge >= 0.3 is 24.2 Å². The van der Waals surface area contributed by atoms with Gasteiger partial charge in [0.2, 0.25) is 0 Å². The van der Waals surface area contributed by atoms with Crippen molar-refractivity contribution >= 4 is 23.4 Å². The van der Waals surface area contributed by atoms with Crippen LogP contribution in [0.4, 0.5) is 43.9 Å². The number of halogens is 11. The van der Waals surface area contributed by atoms with Crippen molar-refractivity contribution in [2.24, 2.45) is 0 Å². The standard InChI is InChI=1S/C16H11ClF10N2OS/c1-2-31-11-5-8(14(20,21)22)3-4-9(11)29-6-10(12(17)28-29)30-7-13(18,19)15(23,24)16(25,26)27/h3-6H,2,7H2,1H3. The highest BCUT2D eigenvalue weighted by Gasteiger charge is 2.73. The largest absolute Gasteiger partial charge is 0.482 e. The Morgan fingerprint density at radius 2 is 1.65 bits per heavy atom. The maximum Gasteiger partial charge on any atom is 0.460 e. The molecule has 15 heteroatoms. The normalized spacial score (nSPS) is 13.5. The summed E-state index contributed by atoms with van der Waals surface area (Å²) >= 11 is 6.64. The van der Waals surface area contributed by atoms with Crippen LogP contribution in [0.25, 0.3) is 5.69 Å². The summed E-state index contributed by atoms with van der Waals surface area (Å²) in [7, 11) is 0. The summed E-state index contributed by atoms with van der Waals surface area (Å²) in [6.45, 7) is -0.739. The van der Waals surface area contributed by atoms with Gasteiger partial charge in [-0.3, -0.25) is 0 Å². The lowest BCUT2D eigenvalue weighted by atomic mass is 10.2. The molecule has 0 radical (unpaired) electrons. The van der Waals surface area contributed by atoms with E-state index in [0.29, 0.717) is 11.8 Å². The van der Waals surface area contributed by atoms with Gasteiger partial charge in [-0.1, -0.05) is 18.5 Å². The van der Waals surface area contributed by atoms with Crippen molar-refractivity contribution in [2.75, 3.05) is 12.4 Å². The summed E-state index contributed by atoms with van der Waals surface area (Å²) in [4.78, 5) is 0.0666. The molecule has 1 heterocycles. The fraction of sp³-hybridized carbons (Fsp3) is 0.438. The molecule has 0 unspecified atom stereocenters. The van der Waals surface area contributed by atoms with Gasteiger partial charge in [0.05, 0.1) is 17.4 Å². The number of hydrogen-bond donors (Lipinski definition) is 0. The molecule has 0 amide bonds. The topological polar surface area (TPSA) is 27.1 Å². The predicted molar refractivity (Wildman–Crippen MR) is 91.4 cm³/mol. The fourth-order valence-corrected chi connectivity index (χ4v) is 3.19. The van der Waals surface area contributed by atoms with Crippen LogP contribution in [0.2, 0.25) is 5.15 Å². The Morgan fingerprint density at radius 1 is 1.03 bits per heavy atom. The Kier molecular flexibility index (Phi) is 7.06. The summed E-state index contributed by atoms with van der Waals surface area (Å²) in [5, 5.41) is 2.95. The first kappa shape index (κ1) is 25.4. The minimum atomic E-state index is -6.53. The highest BCUT2D eigenvalue weighted by atomic mass is 35.5. The van der Waals surface area contributed by atoms with Crippen molar-refractivity contribution in [3.63, 3.8) is 0 Å². The zero-order valence-corrected chi connectivity index (χ0v) is 16.7. The Morgan fingerprint density at radius 3 is 2.16 bits per heavy atom. The zero-order chi connectivity index (χ0) is 23.8. The van der Waals surface area contributed by atoms with Gasteiger partial charge in [0.25, 0.3) is 0 Å². The van der Waals surface area contributed by atoms with Crippen molar-refractivity contribution in [2.45, 2.75) is 36.0 Å². The SMILES string of the molecule is CCSc1cc(C(F)(F)F)ccc1-n1cc(OCC(F)(F)C(F)(F)C(F)(F)F)c(Cl)n1. The molecule has 0 bridgehead atoms. The van der Waals surface area contributed by atoms with E-state index in [9.17, 15) is 43.9 Å². The second-order valence-electron chi connectivity index (χ2n) is 5.91. The van der Waals surface area contributed by atoms with Crippen LogP contribution in [-0.2, 0) is 6.18 Å². The van der Waals surface area contributed by atoms with Crippen molar-refractivity contribution in [3.8, 4) is 11.4 Å². The second-order valence-corrected chi connectivity index (χ2v) is 7.57. The highest BCUT2D eigenvalue weighted by molar-refractivity contribution is 7.99. The number of alkyl halides is 10. The average Bonchev–Trinajstić information content (AvgIpc) is 2.99. The summed E-state index contributed by atoms with van der Waals surface area (Å²) < 4.78 is 133. The Balaban J connectivity index is 2.33. The minimum absolute atomic E-state index is 0.0176. The van der Waals surface area contributed by atoms with Crippen molar-refractivity contribution in [1.29, 1.82) is 0 Å². The highest BCUT2D eigenvalue weighted by Crippen LogP contribution is 2.46. The van der Waals surface area contributed by atoms with Crippen LogP contribution in [-0.4, -0.2) is 40.2 Å². The van der Waals surface area contributed by atoms with E-state index in [1.165, 1.54) is 0 Å². The van der Waals surface area contributed by atoms with E-state index < -0.39 is 47.3 Å². The van der Waals surface area contributed by atoms with E-state index in [1.807, 2.05) is 0 Å². The van der Waals surface area contributed by atoms with E-state index in [1.54, 1.807) is 6.92 Å². The number of hydrogen-bond acceptors (Lipinski definition) is 3. The molecule has 2 aromatic rings. The zero-order valence-electron chi connectivity index (χ0n) is 15.1. The smallest absolute Gasteiger partial charge is 0.460 e. The van der Waals surface area contributed by atoms with Crippen molar-refractivity contribution < 1.29 is 48.6 Å². The van der Waals surface area contributed by atoms with Gasteiger partial charge in [0.15, 0.2) is 17.5 Å². The lowest BCUT2D eigenvalue weighted by Gasteiger charge is -2.27. The van der Waals surface area contributed by atoms with Crippen molar-refractivity contribution in [1.82, 2.24) is 9.78 Å². The fourth-order valence-electron chi connectivity index (χ4n) is 2.17. The third-order valence-electron chi connectivity index (χ3n) is 3.70. The molecule has 1 aromatic heterocycles. The number of nitrogens with zero attached hydrogens (tertiary/aromatic N) is 2. The van der Waals surface area contributed by atoms with E-state index in [-0.39, 0.29) is 10.6 Å². The third kappa shape index (κ3) is 5.33. The van der Waals surface area contributed by atoms with E-state index in [2.05, 4.69) is 9.84 Å². The third-order valence-corrected chi connectivity index (χ3v) is 4.89. The van der Waals surface area contributed by atoms with E-state index in [0.717, 1.165) is 34.8 Å². The molecule has 0 fully saturated rings. The molecule has 0 saturated heterocycles. The minimum Gasteiger partial charge on any atom is -0.482 e. The molecule has 2 rings (SSSR count). The number of thioether (sulfide) groups is 1. The van der Waals surface area contributed by atoms with Crippen LogP contribution in [0, 0.1) is 0 Å². The Labute approximate surface area is 177 Å².